The Morgan fingerprint density at radius 3 is 3.00 bits per heavy atom. The summed E-state index contributed by atoms with van der Waals surface area (Å²) in [4.78, 5) is 23.7. The van der Waals surface area contributed by atoms with Crippen LogP contribution >= 0.6 is 12.2 Å². The number of hydrogen-bond acceptors (Lipinski definition) is 6. The van der Waals surface area contributed by atoms with Crippen LogP contribution in [0.3, 0.4) is 0 Å². The third-order valence-electron chi connectivity index (χ3n) is 5.25. The number of pyridine rings is 1. The largest absolute Gasteiger partial charge is 0.489 e. The van der Waals surface area contributed by atoms with Gasteiger partial charge in [0.15, 0.2) is 11.6 Å². The summed E-state index contributed by atoms with van der Waals surface area (Å²) in [6, 6.07) is 11.9. The average molecular weight is 448 g/mol. The molecule has 7 nitrogen and oxygen atoms in total. The molecule has 4 rings (SSSR count). The molecule has 1 atom stereocenters. The van der Waals surface area contributed by atoms with Crippen LogP contribution < -0.4 is 9.64 Å². The van der Waals surface area contributed by atoms with Gasteiger partial charge in [0.2, 0.25) is 11.6 Å². The molecule has 0 unspecified atom stereocenters. The van der Waals surface area contributed by atoms with Crippen molar-refractivity contribution < 1.29 is 9.53 Å². The van der Waals surface area contributed by atoms with Gasteiger partial charge in [-0.05, 0) is 31.0 Å². The predicted octanol–water partition coefficient (Wildman–Crippen LogP) is 4.02. The lowest BCUT2D eigenvalue weighted by atomic mass is 10.1. The SMILES string of the molecule is Cc1cccc(Cn2cnc(C(=O)CC/C=C/[C@H]3COc4cccnc4N(C)C3=S)n2)c1. The van der Waals surface area contributed by atoms with Crippen molar-refractivity contribution in [2.24, 2.45) is 5.92 Å². The van der Waals surface area contributed by atoms with E-state index in [0.29, 0.717) is 26.0 Å². The monoisotopic (exact) mass is 447 g/mol. The zero-order valence-electron chi connectivity index (χ0n) is 18.1. The number of carbonyl (C=O) groups excluding carboxylic acids is 1. The van der Waals surface area contributed by atoms with E-state index in [0.717, 1.165) is 22.1 Å². The fourth-order valence-electron chi connectivity index (χ4n) is 3.57. The van der Waals surface area contributed by atoms with Gasteiger partial charge in [-0.3, -0.25) is 4.79 Å². The molecule has 0 fully saturated rings. The number of aromatic nitrogens is 4. The Morgan fingerprint density at radius 1 is 1.28 bits per heavy atom. The van der Waals surface area contributed by atoms with Gasteiger partial charge in [-0.15, -0.1) is 5.10 Å². The van der Waals surface area contributed by atoms with Gasteiger partial charge < -0.3 is 9.64 Å². The molecule has 3 aromatic rings. The maximum atomic E-state index is 12.5. The molecule has 0 radical (unpaired) electrons. The number of ketones is 1. The molecule has 1 aromatic carbocycles. The highest BCUT2D eigenvalue weighted by Crippen LogP contribution is 2.29. The summed E-state index contributed by atoms with van der Waals surface area (Å²) in [7, 11) is 1.89. The lowest BCUT2D eigenvalue weighted by Gasteiger charge is -2.19. The molecule has 0 bridgehead atoms. The number of benzene rings is 1. The second kappa shape index (κ2) is 9.82. The molecule has 2 aromatic heterocycles. The number of fused-ring (bicyclic) bond motifs is 1. The zero-order valence-corrected chi connectivity index (χ0v) is 19.0. The second-order valence-corrected chi connectivity index (χ2v) is 8.20. The summed E-state index contributed by atoms with van der Waals surface area (Å²) in [5.41, 5.74) is 2.32. The van der Waals surface area contributed by atoms with E-state index in [4.69, 9.17) is 17.0 Å². The van der Waals surface area contributed by atoms with Gasteiger partial charge >= 0.3 is 0 Å². The van der Waals surface area contributed by atoms with Gasteiger partial charge in [-0.25, -0.2) is 14.6 Å². The van der Waals surface area contributed by atoms with Crippen LogP contribution in [0.5, 0.6) is 5.75 Å². The van der Waals surface area contributed by atoms with E-state index in [1.807, 2.05) is 48.4 Å². The van der Waals surface area contributed by atoms with Crippen LogP contribution in [-0.4, -0.2) is 44.2 Å². The van der Waals surface area contributed by atoms with Crippen molar-refractivity contribution in [3.05, 3.63) is 78.0 Å². The molecule has 1 aliphatic rings. The molecule has 0 saturated heterocycles. The maximum absolute atomic E-state index is 12.5. The molecule has 164 valence electrons. The second-order valence-electron chi connectivity index (χ2n) is 7.78. The van der Waals surface area contributed by atoms with E-state index in [2.05, 4.69) is 34.1 Å². The van der Waals surface area contributed by atoms with Gasteiger partial charge in [0.25, 0.3) is 0 Å². The highest BCUT2D eigenvalue weighted by atomic mass is 32.1. The standard InChI is InChI=1S/C24H25N5O2S/c1-17-7-5-8-18(13-17)14-29-16-26-22(27-29)20(30)10-4-3-9-19-15-31-21-11-6-12-25-23(21)28(2)24(19)32/h3,5-9,11-13,16,19H,4,10,14-15H2,1-2H3/b9-3+/t19-/m0/s1. The van der Waals surface area contributed by atoms with Crippen molar-refractivity contribution in [3.63, 3.8) is 0 Å². The third kappa shape index (κ3) is 5.08. The average Bonchev–Trinajstić information content (AvgIpc) is 3.22. The number of aryl methyl sites for hydroxylation is 1. The Balaban J connectivity index is 1.30. The van der Waals surface area contributed by atoms with Crippen molar-refractivity contribution in [2.45, 2.75) is 26.3 Å². The van der Waals surface area contributed by atoms with E-state index in [-0.39, 0.29) is 17.5 Å². The molecule has 0 N–H and O–H groups in total. The van der Waals surface area contributed by atoms with E-state index < -0.39 is 0 Å². The summed E-state index contributed by atoms with van der Waals surface area (Å²) in [6.07, 6.45) is 8.22. The van der Waals surface area contributed by atoms with E-state index >= 15 is 0 Å². The number of ether oxygens (including phenoxy) is 1. The molecule has 3 heterocycles. The minimum Gasteiger partial charge on any atom is -0.489 e. The number of allylic oxidation sites excluding steroid dienone is 1. The molecule has 0 aliphatic carbocycles. The number of rotatable bonds is 7. The normalized spacial score (nSPS) is 16.0. The summed E-state index contributed by atoms with van der Waals surface area (Å²) in [6.45, 7) is 3.08. The predicted molar refractivity (Wildman–Crippen MR) is 127 cm³/mol. The van der Waals surface area contributed by atoms with Crippen LogP contribution in [-0.2, 0) is 6.54 Å². The van der Waals surface area contributed by atoms with Gasteiger partial charge in [0, 0.05) is 19.7 Å². The fourth-order valence-corrected chi connectivity index (χ4v) is 3.80. The topological polar surface area (TPSA) is 73.1 Å². The van der Waals surface area contributed by atoms with Gasteiger partial charge in [-0.1, -0.05) is 54.2 Å². The number of carbonyl (C=O) groups is 1. The van der Waals surface area contributed by atoms with Crippen LogP contribution in [0.15, 0.2) is 61.1 Å². The number of Topliss-reactive ketones (excluding diaryl/α,β-unsaturated/α-hetero) is 1. The maximum Gasteiger partial charge on any atom is 0.217 e. The molecule has 32 heavy (non-hydrogen) atoms. The van der Waals surface area contributed by atoms with E-state index in [1.165, 1.54) is 5.56 Å². The van der Waals surface area contributed by atoms with Crippen molar-refractivity contribution in [1.82, 2.24) is 19.7 Å². The number of anilines is 1. The number of nitrogens with zero attached hydrogens (tertiary/aromatic N) is 5. The van der Waals surface area contributed by atoms with Crippen molar-refractivity contribution in [1.29, 1.82) is 0 Å². The Labute approximate surface area is 192 Å². The van der Waals surface area contributed by atoms with Gasteiger partial charge in [0.1, 0.15) is 12.9 Å². The number of hydrogen-bond donors (Lipinski definition) is 0. The van der Waals surface area contributed by atoms with Gasteiger partial charge in [-0.2, -0.15) is 0 Å². The van der Waals surface area contributed by atoms with Crippen LogP contribution in [0, 0.1) is 12.8 Å². The minimum absolute atomic E-state index is 0.0639. The third-order valence-corrected chi connectivity index (χ3v) is 5.83. The summed E-state index contributed by atoms with van der Waals surface area (Å²) in [5, 5.41) is 4.34. The van der Waals surface area contributed by atoms with Crippen LogP contribution in [0.2, 0.25) is 0 Å². The molecular weight excluding hydrogens is 422 g/mol. The Bertz CT molecular complexity index is 1160. The Morgan fingerprint density at radius 2 is 2.16 bits per heavy atom. The molecule has 1 aliphatic heterocycles. The quantitative estimate of drug-likeness (QED) is 0.308. The summed E-state index contributed by atoms with van der Waals surface area (Å²) in [5.74, 6) is 1.55. The van der Waals surface area contributed by atoms with Crippen molar-refractivity contribution in [2.75, 3.05) is 18.6 Å². The van der Waals surface area contributed by atoms with E-state index in [9.17, 15) is 4.79 Å². The first-order chi connectivity index (χ1) is 15.5. The summed E-state index contributed by atoms with van der Waals surface area (Å²) < 4.78 is 7.57. The first-order valence-electron chi connectivity index (χ1n) is 10.5. The van der Waals surface area contributed by atoms with E-state index in [1.54, 1.807) is 17.2 Å². The lowest BCUT2D eigenvalue weighted by Crippen LogP contribution is -2.31. The first-order valence-corrected chi connectivity index (χ1v) is 10.9. The van der Waals surface area contributed by atoms with Crippen molar-refractivity contribution in [3.8, 4) is 5.75 Å². The molecule has 0 amide bonds. The van der Waals surface area contributed by atoms with Crippen LogP contribution in [0.4, 0.5) is 5.82 Å². The highest BCUT2D eigenvalue weighted by Gasteiger charge is 2.25. The lowest BCUT2D eigenvalue weighted by molar-refractivity contribution is 0.0973. The smallest absolute Gasteiger partial charge is 0.217 e. The molecule has 0 saturated carbocycles. The highest BCUT2D eigenvalue weighted by molar-refractivity contribution is 7.80. The van der Waals surface area contributed by atoms with Crippen molar-refractivity contribution >= 4 is 28.8 Å². The fraction of sp³-hybridized carbons (Fsp3) is 0.292. The Kier molecular flexibility index (Phi) is 6.70. The van der Waals surface area contributed by atoms with Gasteiger partial charge in [0.05, 0.1) is 17.5 Å². The van der Waals surface area contributed by atoms with Crippen LogP contribution in [0.1, 0.15) is 34.6 Å². The molecule has 8 heteroatoms. The number of thiocarbonyl (C=S) groups is 1. The molecule has 0 spiro atoms. The Hall–Kier alpha value is -3.39. The first kappa shape index (κ1) is 21.8. The minimum atomic E-state index is -0.0777. The zero-order chi connectivity index (χ0) is 22.5. The van der Waals surface area contributed by atoms with Crippen LogP contribution in [0.25, 0.3) is 0 Å². The molecular formula is C24H25N5O2S. The summed E-state index contributed by atoms with van der Waals surface area (Å²) >= 11 is 5.62.